The maximum atomic E-state index is 13.0. The van der Waals surface area contributed by atoms with Gasteiger partial charge in [-0.1, -0.05) is 13.8 Å². The summed E-state index contributed by atoms with van der Waals surface area (Å²) in [4.78, 5) is 59.3. The van der Waals surface area contributed by atoms with Gasteiger partial charge in [0.15, 0.2) is 0 Å². The number of imide groups is 1. The van der Waals surface area contributed by atoms with Gasteiger partial charge in [-0.05, 0) is 36.2 Å². The third kappa shape index (κ3) is 3.93. The summed E-state index contributed by atoms with van der Waals surface area (Å²) in [5.41, 5.74) is 1.57. The van der Waals surface area contributed by atoms with Crippen LogP contribution in [0, 0.1) is 5.92 Å². The Labute approximate surface area is 180 Å². The zero-order valence-electron chi connectivity index (χ0n) is 17.6. The number of carbonyl (C=O) groups excluding carboxylic acids is 4. The van der Waals surface area contributed by atoms with E-state index in [1.54, 1.807) is 46.5 Å². The van der Waals surface area contributed by atoms with Crippen LogP contribution in [0.2, 0.25) is 0 Å². The van der Waals surface area contributed by atoms with Gasteiger partial charge in [0.05, 0.1) is 11.1 Å². The second-order valence-electron chi connectivity index (χ2n) is 8.20. The van der Waals surface area contributed by atoms with E-state index in [9.17, 15) is 19.2 Å². The fourth-order valence-electron chi connectivity index (χ4n) is 3.93. The molecule has 0 N–H and O–H groups in total. The van der Waals surface area contributed by atoms with Crippen molar-refractivity contribution in [3.8, 4) is 0 Å². The number of piperazine rings is 1. The molecule has 1 fully saturated rings. The molecule has 4 rings (SSSR count). The number of pyridine rings is 1. The number of aromatic nitrogens is 1. The van der Waals surface area contributed by atoms with Crippen LogP contribution < -0.4 is 0 Å². The highest BCUT2D eigenvalue weighted by Gasteiger charge is 2.36. The third-order valence-corrected chi connectivity index (χ3v) is 5.55. The molecule has 0 bridgehead atoms. The molecule has 0 spiro atoms. The van der Waals surface area contributed by atoms with Crippen molar-refractivity contribution in [2.45, 2.75) is 13.8 Å². The fourth-order valence-corrected chi connectivity index (χ4v) is 3.93. The molecule has 0 aliphatic carbocycles. The minimum Gasteiger partial charge on any atom is -0.335 e. The van der Waals surface area contributed by atoms with Crippen molar-refractivity contribution < 1.29 is 19.2 Å². The Morgan fingerprint density at radius 2 is 1.39 bits per heavy atom. The number of fused-ring (bicyclic) bond motifs is 1. The lowest BCUT2D eigenvalue weighted by molar-refractivity contribution is 0.0535. The van der Waals surface area contributed by atoms with Crippen molar-refractivity contribution in [1.29, 1.82) is 0 Å². The molecular weight excluding hydrogens is 396 g/mol. The number of rotatable bonds is 4. The number of benzene rings is 1. The average molecular weight is 420 g/mol. The summed E-state index contributed by atoms with van der Waals surface area (Å²) in [5, 5.41) is 0. The number of amides is 4. The second kappa shape index (κ2) is 8.29. The normalized spacial score (nSPS) is 16.2. The molecule has 8 nitrogen and oxygen atoms in total. The van der Waals surface area contributed by atoms with E-state index >= 15 is 0 Å². The monoisotopic (exact) mass is 420 g/mol. The maximum Gasteiger partial charge on any atom is 0.261 e. The zero-order chi connectivity index (χ0) is 22.1. The van der Waals surface area contributed by atoms with E-state index in [1.807, 2.05) is 13.8 Å². The first-order chi connectivity index (χ1) is 14.9. The van der Waals surface area contributed by atoms with Crippen molar-refractivity contribution >= 4 is 23.6 Å². The van der Waals surface area contributed by atoms with Gasteiger partial charge < -0.3 is 9.80 Å². The lowest BCUT2D eigenvalue weighted by Crippen LogP contribution is -2.50. The molecule has 31 heavy (non-hydrogen) atoms. The van der Waals surface area contributed by atoms with Crippen LogP contribution in [0.4, 0.5) is 0 Å². The van der Waals surface area contributed by atoms with Crippen LogP contribution >= 0.6 is 0 Å². The SMILES string of the molecule is CC(C)CN1C(=O)c2ccc(C(=O)N3CCN(C(=O)c4ccncc4)CC3)cc2C1=O. The molecule has 3 heterocycles. The van der Waals surface area contributed by atoms with Crippen LogP contribution in [0.3, 0.4) is 0 Å². The zero-order valence-corrected chi connectivity index (χ0v) is 17.6. The molecule has 2 aliphatic rings. The molecule has 2 aliphatic heterocycles. The Balaban J connectivity index is 1.44. The van der Waals surface area contributed by atoms with Gasteiger partial charge in [-0.2, -0.15) is 0 Å². The van der Waals surface area contributed by atoms with Crippen LogP contribution in [0.25, 0.3) is 0 Å². The molecule has 4 amide bonds. The van der Waals surface area contributed by atoms with Crippen molar-refractivity contribution in [2.75, 3.05) is 32.7 Å². The van der Waals surface area contributed by atoms with Gasteiger partial charge in [-0.3, -0.25) is 29.1 Å². The van der Waals surface area contributed by atoms with Crippen LogP contribution in [-0.2, 0) is 0 Å². The Bertz CT molecular complexity index is 1040. The van der Waals surface area contributed by atoms with Crippen molar-refractivity contribution in [2.24, 2.45) is 5.92 Å². The summed E-state index contributed by atoms with van der Waals surface area (Å²) < 4.78 is 0. The molecule has 1 aromatic heterocycles. The van der Waals surface area contributed by atoms with Gasteiger partial charge >= 0.3 is 0 Å². The minimum atomic E-state index is -0.351. The average Bonchev–Trinajstić information content (AvgIpc) is 3.02. The Morgan fingerprint density at radius 3 is 1.97 bits per heavy atom. The van der Waals surface area contributed by atoms with Crippen LogP contribution in [0.5, 0.6) is 0 Å². The van der Waals surface area contributed by atoms with Gasteiger partial charge in [0.2, 0.25) is 0 Å². The van der Waals surface area contributed by atoms with Crippen molar-refractivity contribution in [3.05, 3.63) is 65.0 Å². The van der Waals surface area contributed by atoms with Gasteiger partial charge in [0.25, 0.3) is 23.6 Å². The molecule has 0 unspecified atom stereocenters. The van der Waals surface area contributed by atoms with Gasteiger partial charge in [-0.25, -0.2) is 0 Å². The van der Waals surface area contributed by atoms with E-state index in [0.717, 1.165) is 0 Å². The van der Waals surface area contributed by atoms with Crippen molar-refractivity contribution in [3.63, 3.8) is 0 Å². The lowest BCUT2D eigenvalue weighted by atomic mass is 10.0. The van der Waals surface area contributed by atoms with Gasteiger partial charge in [-0.15, -0.1) is 0 Å². The molecule has 0 saturated carbocycles. The predicted molar refractivity (Wildman–Crippen MR) is 113 cm³/mol. The molecule has 1 aromatic carbocycles. The highest BCUT2D eigenvalue weighted by atomic mass is 16.2. The summed E-state index contributed by atoms with van der Waals surface area (Å²) in [6.07, 6.45) is 3.16. The standard InChI is InChI=1S/C23H24N4O4/c1-15(2)14-27-22(30)18-4-3-17(13-19(18)23(27)31)21(29)26-11-9-25(10-12-26)20(28)16-5-7-24-8-6-16/h3-8,13,15H,9-12,14H2,1-2H3. The lowest BCUT2D eigenvalue weighted by Gasteiger charge is -2.34. The number of nitrogens with zero attached hydrogens (tertiary/aromatic N) is 4. The highest BCUT2D eigenvalue weighted by Crippen LogP contribution is 2.25. The van der Waals surface area contributed by atoms with E-state index < -0.39 is 0 Å². The van der Waals surface area contributed by atoms with E-state index in [0.29, 0.717) is 49.4 Å². The molecular formula is C23H24N4O4. The van der Waals surface area contributed by atoms with E-state index in [4.69, 9.17) is 0 Å². The molecule has 0 atom stereocenters. The topological polar surface area (TPSA) is 90.9 Å². The Hall–Kier alpha value is -3.55. The molecule has 8 heteroatoms. The summed E-state index contributed by atoms with van der Waals surface area (Å²) in [6.45, 7) is 5.89. The van der Waals surface area contributed by atoms with Crippen LogP contribution in [0.15, 0.2) is 42.7 Å². The number of hydrogen-bond donors (Lipinski definition) is 0. The maximum absolute atomic E-state index is 13.0. The second-order valence-corrected chi connectivity index (χ2v) is 8.20. The first-order valence-corrected chi connectivity index (χ1v) is 10.4. The van der Waals surface area contributed by atoms with Crippen molar-refractivity contribution in [1.82, 2.24) is 19.7 Å². The quantitative estimate of drug-likeness (QED) is 0.705. The molecule has 2 aromatic rings. The smallest absolute Gasteiger partial charge is 0.261 e. The van der Waals surface area contributed by atoms with E-state index in [-0.39, 0.29) is 35.1 Å². The third-order valence-electron chi connectivity index (χ3n) is 5.55. The van der Waals surface area contributed by atoms with Crippen LogP contribution in [0.1, 0.15) is 55.3 Å². The molecule has 0 radical (unpaired) electrons. The van der Waals surface area contributed by atoms with E-state index in [1.165, 1.54) is 11.0 Å². The first kappa shape index (κ1) is 20.7. The molecule has 1 saturated heterocycles. The predicted octanol–water partition coefficient (Wildman–Crippen LogP) is 1.93. The summed E-state index contributed by atoms with van der Waals surface area (Å²) >= 11 is 0. The summed E-state index contributed by atoms with van der Waals surface area (Å²) in [6, 6.07) is 8.02. The molecule has 160 valence electrons. The minimum absolute atomic E-state index is 0.0821. The summed E-state index contributed by atoms with van der Waals surface area (Å²) in [7, 11) is 0. The van der Waals surface area contributed by atoms with E-state index in [2.05, 4.69) is 4.98 Å². The Morgan fingerprint density at radius 1 is 0.839 bits per heavy atom. The van der Waals surface area contributed by atoms with Crippen LogP contribution in [-0.4, -0.2) is 76.0 Å². The summed E-state index contributed by atoms with van der Waals surface area (Å²) in [5.74, 6) is -0.788. The largest absolute Gasteiger partial charge is 0.335 e. The number of carbonyl (C=O) groups is 4. The highest BCUT2D eigenvalue weighted by molar-refractivity contribution is 6.22. The first-order valence-electron chi connectivity index (χ1n) is 10.4. The van der Waals surface area contributed by atoms with Gasteiger partial charge in [0.1, 0.15) is 0 Å². The number of hydrogen-bond acceptors (Lipinski definition) is 5. The van der Waals surface area contributed by atoms with Gasteiger partial charge in [0, 0.05) is 56.2 Å². The Kier molecular flexibility index (Phi) is 5.54. The fraction of sp³-hybridized carbons (Fsp3) is 0.348.